The SMILES string of the molecule is COc1ccc(/C=C2\Oc3cc(OCc4ccc(F)cc4Cl)ccc3C2=O)cc1. The molecule has 0 amide bonds. The number of Topliss-reactive ketones (excluding diaryl/α,β-unsaturated/α-hetero) is 1. The van der Waals surface area contributed by atoms with Gasteiger partial charge in [0.1, 0.15) is 29.7 Å². The van der Waals surface area contributed by atoms with Gasteiger partial charge in [0, 0.05) is 11.6 Å². The largest absolute Gasteiger partial charge is 0.497 e. The van der Waals surface area contributed by atoms with Crippen LogP contribution in [0.2, 0.25) is 5.02 Å². The number of fused-ring (bicyclic) bond motifs is 1. The lowest BCUT2D eigenvalue weighted by Gasteiger charge is -2.08. The fourth-order valence-electron chi connectivity index (χ4n) is 2.91. The lowest BCUT2D eigenvalue weighted by atomic mass is 10.1. The summed E-state index contributed by atoms with van der Waals surface area (Å²) in [6, 6.07) is 16.4. The van der Waals surface area contributed by atoms with Crippen LogP contribution in [0.3, 0.4) is 0 Å². The van der Waals surface area contributed by atoms with Crippen LogP contribution in [0.5, 0.6) is 17.2 Å². The Morgan fingerprint density at radius 2 is 1.79 bits per heavy atom. The number of carbonyl (C=O) groups is 1. The van der Waals surface area contributed by atoms with Crippen molar-refractivity contribution < 1.29 is 23.4 Å². The highest BCUT2D eigenvalue weighted by Gasteiger charge is 2.27. The molecule has 6 heteroatoms. The molecule has 0 saturated heterocycles. The van der Waals surface area contributed by atoms with E-state index < -0.39 is 5.82 Å². The van der Waals surface area contributed by atoms with Gasteiger partial charge in [0.15, 0.2) is 5.76 Å². The van der Waals surface area contributed by atoms with E-state index in [0.717, 1.165) is 11.3 Å². The summed E-state index contributed by atoms with van der Waals surface area (Å²) in [6.07, 6.45) is 1.68. The fourth-order valence-corrected chi connectivity index (χ4v) is 3.13. The summed E-state index contributed by atoms with van der Waals surface area (Å²) in [5.74, 6) is 1.32. The lowest BCUT2D eigenvalue weighted by Crippen LogP contribution is -1.98. The minimum atomic E-state index is -0.403. The van der Waals surface area contributed by atoms with Gasteiger partial charge in [-0.15, -0.1) is 0 Å². The van der Waals surface area contributed by atoms with E-state index in [1.54, 1.807) is 37.5 Å². The number of methoxy groups -OCH3 is 1. The second kappa shape index (κ2) is 7.97. The Kier molecular flexibility index (Phi) is 5.23. The molecule has 29 heavy (non-hydrogen) atoms. The monoisotopic (exact) mass is 410 g/mol. The van der Waals surface area contributed by atoms with E-state index in [4.69, 9.17) is 25.8 Å². The molecule has 0 fully saturated rings. The summed E-state index contributed by atoms with van der Waals surface area (Å²) in [5.41, 5.74) is 1.95. The molecule has 0 bridgehead atoms. The molecule has 0 atom stereocenters. The Hall–Kier alpha value is -3.31. The maximum Gasteiger partial charge on any atom is 0.231 e. The smallest absolute Gasteiger partial charge is 0.231 e. The fraction of sp³-hybridized carbons (Fsp3) is 0.0870. The Morgan fingerprint density at radius 3 is 2.52 bits per heavy atom. The van der Waals surface area contributed by atoms with Crippen molar-refractivity contribution in [3.05, 3.63) is 94.0 Å². The van der Waals surface area contributed by atoms with Gasteiger partial charge in [-0.05, 0) is 48.0 Å². The molecule has 0 unspecified atom stereocenters. The molecule has 0 aromatic heterocycles. The summed E-state index contributed by atoms with van der Waals surface area (Å²) < 4.78 is 29.7. The minimum Gasteiger partial charge on any atom is -0.497 e. The zero-order valence-corrected chi connectivity index (χ0v) is 16.2. The predicted molar refractivity (Wildman–Crippen MR) is 108 cm³/mol. The van der Waals surface area contributed by atoms with Gasteiger partial charge in [-0.3, -0.25) is 4.79 Å². The quantitative estimate of drug-likeness (QED) is 0.507. The molecule has 146 valence electrons. The molecule has 3 aromatic rings. The maximum atomic E-state index is 13.1. The van der Waals surface area contributed by atoms with Crippen molar-refractivity contribution in [2.45, 2.75) is 6.61 Å². The normalized spacial score (nSPS) is 13.9. The number of ether oxygens (including phenoxy) is 3. The van der Waals surface area contributed by atoms with Crippen LogP contribution in [-0.4, -0.2) is 12.9 Å². The number of hydrogen-bond acceptors (Lipinski definition) is 4. The molecule has 0 radical (unpaired) electrons. The number of halogens is 2. The first kappa shape index (κ1) is 19.0. The summed E-state index contributed by atoms with van der Waals surface area (Å²) >= 11 is 6.02. The summed E-state index contributed by atoms with van der Waals surface area (Å²) in [4.78, 5) is 12.6. The third-order valence-electron chi connectivity index (χ3n) is 4.46. The van der Waals surface area contributed by atoms with Gasteiger partial charge in [0.25, 0.3) is 0 Å². The number of allylic oxidation sites excluding steroid dienone is 1. The molecule has 0 saturated carbocycles. The van der Waals surface area contributed by atoms with Crippen molar-refractivity contribution in [3.63, 3.8) is 0 Å². The van der Waals surface area contributed by atoms with E-state index in [1.807, 2.05) is 24.3 Å². The van der Waals surface area contributed by atoms with Crippen molar-refractivity contribution in [1.29, 1.82) is 0 Å². The van der Waals surface area contributed by atoms with Crippen molar-refractivity contribution in [1.82, 2.24) is 0 Å². The molecule has 0 spiro atoms. The Bertz CT molecular complexity index is 1110. The van der Waals surface area contributed by atoms with Crippen molar-refractivity contribution in [2.75, 3.05) is 7.11 Å². The summed E-state index contributed by atoms with van der Waals surface area (Å²) in [6.45, 7) is 0.167. The second-order valence-electron chi connectivity index (χ2n) is 6.40. The molecule has 4 nitrogen and oxygen atoms in total. The first-order valence-corrected chi connectivity index (χ1v) is 9.20. The van der Waals surface area contributed by atoms with Gasteiger partial charge in [-0.2, -0.15) is 0 Å². The van der Waals surface area contributed by atoms with Crippen LogP contribution < -0.4 is 14.2 Å². The highest BCUT2D eigenvalue weighted by atomic mass is 35.5. The van der Waals surface area contributed by atoms with Gasteiger partial charge in [0.05, 0.1) is 17.7 Å². The molecule has 1 heterocycles. The van der Waals surface area contributed by atoms with Crippen LogP contribution in [0.15, 0.2) is 66.4 Å². The van der Waals surface area contributed by atoms with E-state index in [9.17, 15) is 9.18 Å². The van der Waals surface area contributed by atoms with Crippen LogP contribution in [0.25, 0.3) is 6.08 Å². The van der Waals surface area contributed by atoms with Gasteiger partial charge in [-0.1, -0.05) is 29.8 Å². The van der Waals surface area contributed by atoms with E-state index in [-0.39, 0.29) is 18.1 Å². The number of rotatable bonds is 5. The lowest BCUT2D eigenvalue weighted by molar-refractivity contribution is 0.101. The zero-order chi connectivity index (χ0) is 20.4. The highest BCUT2D eigenvalue weighted by molar-refractivity contribution is 6.31. The molecule has 0 aliphatic carbocycles. The molecule has 4 rings (SSSR count). The van der Waals surface area contributed by atoms with Gasteiger partial charge in [-0.25, -0.2) is 4.39 Å². The van der Waals surface area contributed by atoms with Crippen LogP contribution in [0, 0.1) is 5.82 Å². The topological polar surface area (TPSA) is 44.8 Å². The third kappa shape index (κ3) is 4.10. The first-order valence-electron chi connectivity index (χ1n) is 8.82. The Balaban J connectivity index is 1.50. The number of hydrogen-bond donors (Lipinski definition) is 0. The van der Waals surface area contributed by atoms with E-state index in [0.29, 0.717) is 27.6 Å². The van der Waals surface area contributed by atoms with Gasteiger partial charge in [0.2, 0.25) is 5.78 Å². The summed E-state index contributed by atoms with van der Waals surface area (Å²) in [5, 5.41) is 0.294. The van der Waals surface area contributed by atoms with Crippen molar-refractivity contribution in [3.8, 4) is 17.2 Å². The maximum absolute atomic E-state index is 13.1. The zero-order valence-electron chi connectivity index (χ0n) is 15.4. The minimum absolute atomic E-state index is 0.167. The average molecular weight is 411 g/mol. The van der Waals surface area contributed by atoms with Crippen molar-refractivity contribution >= 4 is 23.5 Å². The van der Waals surface area contributed by atoms with E-state index in [1.165, 1.54) is 12.1 Å². The van der Waals surface area contributed by atoms with Gasteiger partial charge < -0.3 is 14.2 Å². The van der Waals surface area contributed by atoms with Crippen LogP contribution in [0.4, 0.5) is 4.39 Å². The number of benzene rings is 3. The molecular weight excluding hydrogens is 395 g/mol. The van der Waals surface area contributed by atoms with E-state index >= 15 is 0 Å². The number of ketones is 1. The van der Waals surface area contributed by atoms with Gasteiger partial charge >= 0.3 is 0 Å². The van der Waals surface area contributed by atoms with Crippen LogP contribution in [0.1, 0.15) is 21.5 Å². The molecule has 1 aliphatic rings. The van der Waals surface area contributed by atoms with Crippen LogP contribution >= 0.6 is 11.6 Å². The number of carbonyl (C=O) groups excluding carboxylic acids is 1. The third-order valence-corrected chi connectivity index (χ3v) is 4.82. The Morgan fingerprint density at radius 1 is 1.03 bits per heavy atom. The Labute approximate surface area is 172 Å². The second-order valence-corrected chi connectivity index (χ2v) is 6.80. The molecule has 3 aromatic carbocycles. The first-order chi connectivity index (χ1) is 14.0. The average Bonchev–Trinajstić information content (AvgIpc) is 3.03. The molecule has 0 N–H and O–H groups in total. The van der Waals surface area contributed by atoms with Crippen LogP contribution in [-0.2, 0) is 6.61 Å². The summed E-state index contributed by atoms with van der Waals surface area (Å²) in [7, 11) is 1.59. The van der Waals surface area contributed by atoms with Crippen molar-refractivity contribution in [2.24, 2.45) is 0 Å². The molecule has 1 aliphatic heterocycles. The molecular formula is C23H16ClFO4. The highest BCUT2D eigenvalue weighted by Crippen LogP contribution is 2.35. The predicted octanol–water partition coefficient (Wildman–Crippen LogP) is 5.68. The van der Waals surface area contributed by atoms with E-state index in [2.05, 4.69) is 0 Å². The standard InChI is InChI=1S/C23H16ClFO4/c1-27-17-6-2-14(3-7-17)10-22-23(26)19-9-8-18(12-21(19)29-22)28-13-15-4-5-16(25)11-20(15)24/h2-12H,13H2,1H3/b22-10-.